The number of rotatable bonds is 2. The first kappa shape index (κ1) is 10.3. The number of nitrogens with zero attached hydrogens (tertiary/aromatic N) is 3. The van der Waals surface area contributed by atoms with Crippen LogP contribution in [0.4, 0.5) is 0 Å². The molecule has 0 aliphatic carbocycles. The van der Waals surface area contributed by atoms with E-state index in [1.54, 1.807) is 10.9 Å². The third kappa shape index (κ3) is 2.24. The van der Waals surface area contributed by atoms with Gasteiger partial charge in [-0.15, -0.1) is 0 Å². The number of pyridine rings is 1. The van der Waals surface area contributed by atoms with Crippen molar-refractivity contribution in [2.24, 2.45) is 5.73 Å². The van der Waals surface area contributed by atoms with E-state index in [1.807, 2.05) is 25.3 Å². The van der Waals surface area contributed by atoms with Gasteiger partial charge in [0, 0.05) is 18.4 Å². The average Bonchev–Trinajstić information content (AvgIpc) is 2.64. The fourth-order valence-electron chi connectivity index (χ4n) is 1.38. The Labute approximate surface area is 96.3 Å². The SMILES string of the molecule is Cc1cc(CN)cc(-n2cc(Br)cn2)n1. The van der Waals surface area contributed by atoms with Crippen molar-refractivity contribution < 1.29 is 0 Å². The van der Waals surface area contributed by atoms with Gasteiger partial charge in [-0.3, -0.25) is 0 Å². The van der Waals surface area contributed by atoms with Gasteiger partial charge < -0.3 is 5.73 Å². The lowest BCUT2D eigenvalue weighted by atomic mass is 10.2. The lowest BCUT2D eigenvalue weighted by molar-refractivity contribution is 0.834. The highest BCUT2D eigenvalue weighted by Crippen LogP contribution is 2.13. The van der Waals surface area contributed by atoms with Crippen molar-refractivity contribution in [1.82, 2.24) is 14.8 Å². The zero-order valence-electron chi connectivity index (χ0n) is 8.31. The predicted molar refractivity (Wildman–Crippen MR) is 61.7 cm³/mol. The maximum absolute atomic E-state index is 5.60. The van der Waals surface area contributed by atoms with E-state index in [-0.39, 0.29) is 0 Å². The zero-order valence-corrected chi connectivity index (χ0v) is 9.90. The molecule has 2 aromatic rings. The van der Waals surface area contributed by atoms with E-state index in [1.165, 1.54) is 0 Å². The summed E-state index contributed by atoms with van der Waals surface area (Å²) in [4.78, 5) is 4.39. The van der Waals surface area contributed by atoms with Crippen molar-refractivity contribution in [3.8, 4) is 5.82 Å². The molecular formula is C10H11BrN4. The molecule has 2 rings (SSSR count). The molecule has 0 radical (unpaired) electrons. The lowest BCUT2D eigenvalue weighted by Crippen LogP contribution is -2.03. The van der Waals surface area contributed by atoms with Crippen molar-refractivity contribution in [3.05, 3.63) is 40.3 Å². The van der Waals surface area contributed by atoms with E-state index in [9.17, 15) is 0 Å². The van der Waals surface area contributed by atoms with Gasteiger partial charge in [0.05, 0.1) is 10.7 Å². The van der Waals surface area contributed by atoms with E-state index in [4.69, 9.17) is 5.73 Å². The molecule has 0 aliphatic rings. The molecule has 0 unspecified atom stereocenters. The Morgan fingerprint density at radius 3 is 2.87 bits per heavy atom. The van der Waals surface area contributed by atoms with Gasteiger partial charge in [-0.05, 0) is 40.5 Å². The van der Waals surface area contributed by atoms with Crippen LogP contribution in [0, 0.1) is 6.92 Å². The van der Waals surface area contributed by atoms with Crippen LogP contribution in [0.2, 0.25) is 0 Å². The predicted octanol–water partition coefficient (Wildman–Crippen LogP) is 1.80. The molecule has 0 bridgehead atoms. The Hall–Kier alpha value is -1.20. The second kappa shape index (κ2) is 4.12. The minimum Gasteiger partial charge on any atom is -0.326 e. The van der Waals surface area contributed by atoms with Crippen LogP contribution in [0.15, 0.2) is 29.0 Å². The van der Waals surface area contributed by atoms with Crippen molar-refractivity contribution >= 4 is 15.9 Å². The lowest BCUT2D eigenvalue weighted by Gasteiger charge is -2.04. The molecular weight excluding hydrogens is 256 g/mol. The van der Waals surface area contributed by atoms with Gasteiger partial charge in [-0.1, -0.05) is 0 Å². The molecule has 2 heterocycles. The molecule has 0 aromatic carbocycles. The normalized spacial score (nSPS) is 10.6. The molecule has 0 atom stereocenters. The standard InChI is InChI=1S/C10H11BrN4/c1-7-2-8(4-12)3-10(14-7)15-6-9(11)5-13-15/h2-3,5-6H,4,12H2,1H3. The molecule has 15 heavy (non-hydrogen) atoms. The van der Waals surface area contributed by atoms with Crippen LogP contribution in [0.1, 0.15) is 11.3 Å². The maximum Gasteiger partial charge on any atom is 0.153 e. The highest BCUT2D eigenvalue weighted by Gasteiger charge is 2.02. The van der Waals surface area contributed by atoms with Gasteiger partial charge >= 0.3 is 0 Å². The van der Waals surface area contributed by atoms with Gasteiger partial charge in [-0.25, -0.2) is 9.67 Å². The van der Waals surface area contributed by atoms with Crippen molar-refractivity contribution in [2.75, 3.05) is 0 Å². The number of aryl methyl sites for hydroxylation is 1. The summed E-state index contributed by atoms with van der Waals surface area (Å²) in [6, 6.07) is 3.91. The quantitative estimate of drug-likeness (QED) is 0.902. The molecule has 2 aromatic heterocycles. The minimum absolute atomic E-state index is 0.513. The molecule has 0 aliphatic heterocycles. The van der Waals surface area contributed by atoms with Gasteiger partial charge in [0.25, 0.3) is 0 Å². The van der Waals surface area contributed by atoms with Crippen LogP contribution in [0.25, 0.3) is 5.82 Å². The molecule has 78 valence electrons. The summed E-state index contributed by atoms with van der Waals surface area (Å²) < 4.78 is 2.65. The Balaban J connectivity index is 2.48. The summed E-state index contributed by atoms with van der Waals surface area (Å²) in [5, 5.41) is 4.17. The fraction of sp³-hybridized carbons (Fsp3) is 0.200. The Kier molecular flexibility index (Phi) is 2.83. The van der Waals surface area contributed by atoms with Gasteiger partial charge in [-0.2, -0.15) is 5.10 Å². The van der Waals surface area contributed by atoms with E-state index in [0.717, 1.165) is 21.5 Å². The molecule has 4 nitrogen and oxygen atoms in total. The van der Waals surface area contributed by atoms with Crippen LogP contribution in [-0.2, 0) is 6.54 Å². The number of hydrogen-bond donors (Lipinski definition) is 1. The molecule has 0 saturated carbocycles. The van der Waals surface area contributed by atoms with Crippen molar-refractivity contribution in [3.63, 3.8) is 0 Å². The number of hydrogen-bond acceptors (Lipinski definition) is 3. The van der Waals surface area contributed by atoms with E-state index >= 15 is 0 Å². The molecule has 0 fully saturated rings. The molecule has 0 saturated heterocycles. The second-order valence-electron chi connectivity index (χ2n) is 3.28. The number of halogens is 1. The van der Waals surface area contributed by atoms with E-state index in [0.29, 0.717) is 6.54 Å². The van der Waals surface area contributed by atoms with Gasteiger partial charge in [0.15, 0.2) is 5.82 Å². The Morgan fingerprint density at radius 2 is 2.27 bits per heavy atom. The number of aromatic nitrogens is 3. The van der Waals surface area contributed by atoms with E-state index < -0.39 is 0 Å². The Bertz CT molecular complexity index is 478. The van der Waals surface area contributed by atoms with Gasteiger partial charge in [0.2, 0.25) is 0 Å². The minimum atomic E-state index is 0.513. The molecule has 0 amide bonds. The van der Waals surface area contributed by atoms with Crippen LogP contribution in [0.3, 0.4) is 0 Å². The van der Waals surface area contributed by atoms with Crippen LogP contribution in [0.5, 0.6) is 0 Å². The first-order chi connectivity index (χ1) is 7.19. The zero-order chi connectivity index (χ0) is 10.8. The number of nitrogens with two attached hydrogens (primary N) is 1. The summed E-state index contributed by atoms with van der Waals surface area (Å²) in [5.74, 6) is 0.793. The monoisotopic (exact) mass is 266 g/mol. The van der Waals surface area contributed by atoms with E-state index in [2.05, 4.69) is 26.0 Å². The van der Waals surface area contributed by atoms with Crippen LogP contribution < -0.4 is 5.73 Å². The summed E-state index contributed by atoms with van der Waals surface area (Å²) >= 11 is 3.35. The fourth-order valence-corrected chi connectivity index (χ4v) is 1.67. The third-order valence-electron chi connectivity index (χ3n) is 2.02. The summed E-state index contributed by atoms with van der Waals surface area (Å²) in [6.45, 7) is 2.46. The maximum atomic E-state index is 5.60. The highest BCUT2D eigenvalue weighted by atomic mass is 79.9. The molecule has 0 spiro atoms. The first-order valence-electron chi connectivity index (χ1n) is 4.57. The van der Waals surface area contributed by atoms with Crippen LogP contribution in [-0.4, -0.2) is 14.8 Å². The van der Waals surface area contributed by atoms with Gasteiger partial charge in [0.1, 0.15) is 0 Å². The largest absolute Gasteiger partial charge is 0.326 e. The summed E-state index contributed by atoms with van der Waals surface area (Å²) in [7, 11) is 0. The summed E-state index contributed by atoms with van der Waals surface area (Å²) in [6.07, 6.45) is 3.59. The van der Waals surface area contributed by atoms with Crippen molar-refractivity contribution in [2.45, 2.75) is 13.5 Å². The molecule has 2 N–H and O–H groups in total. The first-order valence-corrected chi connectivity index (χ1v) is 5.36. The topological polar surface area (TPSA) is 56.7 Å². The summed E-state index contributed by atoms with van der Waals surface area (Å²) in [5.41, 5.74) is 7.61. The highest BCUT2D eigenvalue weighted by molar-refractivity contribution is 9.10. The van der Waals surface area contributed by atoms with Crippen molar-refractivity contribution in [1.29, 1.82) is 0 Å². The third-order valence-corrected chi connectivity index (χ3v) is 2.43. The smallest absolute Gasteiger partial charge is 0.153 e. The molecule has 5 heteroatoms. The Morgan fingerprint density at radius 1 is 1.47 bits per heavy atom. The second-order valence-corrected chi connectivity index (χ2v) is 4.20. The van der Waals surface area contributed by atoms with Crippen LogP contribution >= 0.6 is 15.9 Å². The average molecular weight is 267 g/mol.